The van der Waals surface area contributed by atoms with E-state index in [1.54, 1.807) is 0 Å². The number of hydrogen-bond donors (Lipinski definition) is 1. The van der Waals surface area contributed by atoms with E-state index in [1.807, 2.05) is 0 Å². The van der Waals surface area contributed by atoms with Gasteiger partial charge in [0, 0.05) is 6.04 Å². The highest BCUT2D eigenvalue weighted by Crippen LogP contribution is 2.31. The third-order valence-electron chi connectivity index (χ3n) is 4.09. The minimum absolute atomic E-state index is 0.342. The van der Waals surface area contributed by atoms with Crippen molar-refractivity contribution in [2.75, 3.05) is 0 Å². The molecule has 1 aliphatic carbocycles. The molecular weight excluding hydrogens is 206 g/mol. The molecule has 0 spiro atoms. The van der Waals surface area contributed by atoms with Gasteiger partial charge in [0.05, 0.1) is 0 Å². The van der Waals surface area contributed by atoms with Crippen LogP contribution in [-0.4, -0.2) is 6.04 Å². The molecule has 0 amide bonds. The zero-order valence-electron chi connectivity index (χ0n) is 10.1. The summed E-state index contributed by atoms with van der Waals surface area (Å²) in [6.45, 7) is 0. The molecule has 1 nitrogen and oxygen atoms in total. The Morgan fingerprint density at radius 3 is 2.59 bits per heavy atom. The van der Waals surface area contributed by atoms with Crippen LogP contribution in [0.25, 0.3) is 10.8 Å². The Balaban J connectivity index is 1.89. The highest BCUT2D eigenvalue weighted by Gasteiger charge is 2.24. The summed E-state index contributed by atoms with van der Waals surface area (Å²) in [6, 6.07) is 15.5. The van der Waals surface area contributed by atoms with E-state index in [-0.39, 0.29) is 0 Å². The molecule has 0 radical (unpaired) electrons. The number of rotatable bonds is 3. The first-order valence-corrected chi connectivity index (χ1v) is 6.57. The van der Waals surface area contributed by atoms with Crippen LogP contribution in [0.3, 0.4) is 0 Å². The van der Waals surface area contributed by atoms with Crippen molar-refractivity contribution in [3.05, 3.63) is 48.0 Å². The topological polar surface area (TPSA) is 26.0 Å². The zero-order chi connectivity index (χ0) is 11.7. The highest BCUT2D eigenvalue weighted by molar-refractivity contribution is 5.85. The van der Waals surface area contributed by atoms with Crippen LogP contribution in [0.5, 0.6) is 0 Å². The summed E-state index contributed by atoms with van der Waals surface area (Å²) in [5.41, 5.74) is 7.71. The molecular formula is C16H19N. The van der Waals surface area contributed by atoms with Crippen molar-refractivity contribution >= 4 is 10.8 Å². The molecule has 0 aliphatic heterocycles. The third kappa shape index (κ3) is 2.07. The van der Waals surface area contributed by atoms with Gasteiger partial charge in [0.15, 0.2) is 0 Å². The van der Waals surface area contributed by atoms with Crippen molar-refractivity contribution in [2.24, 2.45) is 11.7 Å². The normalized spacial score (nSPS) is 17.9. The average Bonchev–Trinajstić information content (AvgIpc) is 2.27. The molecule has 1 aliphatic rings. The minimum Gasteiger partial charge on any atom is -0.327 e. The summed E-state index contributed by atoms with van der Waals surface area (Å²) in [6.07, 6.45) is 5.04. The smallest absolute Gasteiger partial charge is 0.0108 e. The maximum Gasteiger partial charge on any atom is 0.0108 e. The second kappa shape index (κ2) is 4.50. The Labute approximate surface area is 103 Å². The van der Waals surface area contributed by atoms with Gasteiger partial charge in [-0.05, 0) is 41.5 Å². The van der Waals surface area contributed by atoms with Crippen LogP contribution in [0.4, 0.5) is 0 Å². The summed E-state index contributed by atoms with van der Waals surface area (Å²) >= 11 is 0. The maximum atomic E-state index is 6.30. The van der Waals surface area contributed by atoms with E-state index in [0.717, 1.165) is 12.3 Å². The molecule has 88 valence electrons. The Morgan fingerprint density at radius 2 is 1.82 bits per heavy atom. The van der Waals surface area contributed by atoms with Gasteiger partial charge in [-0.3, -0.25) is 0 Å². The highest BCUT2D eigenvalue weighted by atomic mass is 14.7. The fourth-order valence-corrected chi connectivity index (χ4v) is 2.76. The van der Waals surface area contributed by atoms with Gasteiger partial charge >= 0.3 is 0 Å². The molecule has 0 aromatic heterocycles. The van der Waals surface area contributed by atoms with Crippen LogP contribution in [0.1, 0.15) is 24.8 Å². The van der Waals surface area contributed by atoms with E-state index in [0.29, 0.717) is 6.04 Å². The van der Waals surface area contributed by atoms with Crippen molar-refractivity contribution < 1.29 is 0 Å². The maximum absolute atomic E-state index is 6.30. The summed E-state index contributed by atoms with van der Waals surface area (Å²) in [5, 5.41) is 2.69. The standard InChI is InChI=1S/C16H19N/c17-16(13-7-4-8-13)11-14-9-3-6-12-5-1-2-10-15(12)14/h1-3,5-6,9-10,13,16H,4,7-8,11,17H2. The second-order valence-electron chi connectivity index (χ2n) is 5.20. The van der Waals surface area contributed by atoms with E-state index in [2.05, 4.69) is 42.5 Å². The Kier molecular flexibility index (Phi) is 2.86. The van der Waals surface area contributed by atoms with Crippen molar-refractivity contribution in [3.63, 3.8) is 0 Å². The van der Waals surface area contributed by atoms with Crippen LogP contribution in [-0.2, 0) is 6.42 Å². The number of nitrogens with two attached hydrogens (primary N) is 1. The number of fused-ring (bicyclic) bond motifs is 1. The van der Waals surface area contributed by atoms with Gasteiger partial charge in [-0.1, -0.05) is 48.9 Å². The summed E-state index contributed by atoms with van der Waals surface area (Å²) in [7, 11) is 0. The minimum atomic E-state index is 0.342. The van der Waals surface area contributed by atoms with Gasteiger partial charge in [0.25, 0.3) is 0 Å². The molecule has 17 heavy (non-hydrogen) atoms. The van der Waals surface area contributed by atoms with Gasteiger partial charge in [-0.15, -0.1) is 0 Å². The van der Waals surface area contributed by atoms with Crippen molar-refractivity contribution in [3.8, 4) is 0 Å². The van der Waals surface area contributed by atoms with Crippen LogP contribution >= 0.6 is 0 Å². The lowest BCUT2D eigenvalue weighted by Crippen LogP contribution is -2.36. The van der Waals surface area contributed by atoms with E-state index < -0.39 is 0 Å². The Hall–Kier alpha value is -1.34. The van der Waals surface area contributed by atoms with Crippen LogP contribution in [0.2, 0.25) is 0 Å². The predicted molar refractivity (Wildman–Crippen MR) is 73.0 cm³/mol. The van der Waals surface area contributed by atoms with Gasteiger partial charge in [-0.25, -0.2) is 0 Å². The molecule has 2 aromatic rings. The third-order valence-corrected chi connectivity index (χ3v) is 4.09. The lowest BCUT2D eigenvalue weighted by molar-refractivity contribution is 0.261. The Bertz CT molecular complexity index is 508. The van der Waals surface area contributed by atoms with Crippen LogP contribution in [0, 0.1) is 5.92 Å². The SMILES string of the molecule is NC(Cc1cccc2ccccc12)C1CCC1. The summed E-state index contributed by atoms with van der Waals surface area (Å²) in [4.78, 5) is 0. The van der Waals surface area contributed by atoms with E-state index in [1.165, 1.54) is 35.6 Å². The van der Waals surface area contributed by atoms with Crippen LogP contribution in [0.15, 0.2) is 42.5 Å². The van der Waals surface area contributed by atoms with Crippen molar-refractivity contribution in [1.82, 2.24) is 0 Å². The number of hydrogen-bond acceptors (Lipinski definition) is 1. The summed E-state index contributed by atoms with van der Waals surface area (Å²) in [5.74, 6) is 0.758. The molecule has 3 rings (SSSR count). The molecule has 1 atom stereocenters. The lowest BCUT2D eigenvalue weighted by atomic mass is 9.78. The first kappa shape index (κ1) is 10.8. The quantitative estimate of drug-likeness (QED) is 0.850. The molecule has 1 fully saturated rings. The van der Waals surface area contributed by atoms with Crippen molar-refractivity contribution in [1.29, 1.82) is 0 Å². The van der Waals surface area contributed by atoms with E-state index in [9.17, 15) is 0 Å². The molecule has 1 saturated carbocycles. The zero-order valence-corrected chi connectivity index (χ0v) is 10.1. The van der Waals surface area contributed by atoms with E-state index >= 15 is 0 Å². The molecule has 1 unspecified atom stereocenters. The first-order chi connectivity index (χ1) is 8.34. The summed E-state index contributed by atoms with van der Waals surface area (Å²) < 4.78 is 0. The second-order valence-corrected chi connectivity index (χ2v) is 5.20. The lowest BCUT2D eigenvalue weighted by Gasteiger charge is -2.31. The van der Waals surface area contributed by atoms with Crippen molar-refractivity contribution in [2.45, 2.75) is 31.7 Å². The monoisotopic (exact) mass is 225 g/mol. The average molecular weight is 225 g/mol. The first-order valence-electron chi connectivity index (χ1n) is 6.57. The molecule has 0 saturated heterocycles. The van der Waals surface area contributed by atoms with E-state index in [4.69, 9.17) is 5.73 Å². The molecule has 2 aromatic carbocycles. The molecule has 0 bridgehead atoms. The molecule has 0 heterocycles. The van der Waals surface area contributed by atoms with Gasteiger partial charge in [-0.2, -0.15) is 0 Å². The van der Waals surface area contributed by atoms with Gasteiger partial charge in [0.1, 0.15) is 0 Å². The van der Waals surface area contributed by atoms with Crippen LogP contribution < -0.4 is 5.73 Å². The fourth-order valence-electron chi connectivity index (χ4n) is 2.76. The fraction of sp³-hybridized carbons (Fsp3) is 0.375. The van der Waals surface area contributed by atoms with Gasteiger partial charge in [0.2, 0.25) is 0 Å². The number of benzene rings is 2. The molecule has 1 heteroatoms. The van der Waals surface area contributed by atoms with Gasteiger partial charge < -0.3 is 5.73 Å². The largest absolute Gasteiger partial charge is 0.327 e. The Morgan fingerprint density at radius 1 is 1.06 bits per heavy atom. The predicted octanol–water partition coefficient (Wildman–Crippen LogP) is 3.51. The molecule has 2 N–H and O–H groups in total.